The van der Waals surface area contributed by atoms with Crippen LogP contribution in [0.15, 0.2) is 96.1 Å². The Morgan fingerprint density at radius 1 is 0.923 bits per heavy atom. The molecule has 3 N–H and O–H groups in total. The number of carbonyl (C=O) groups is 1. The molecular formula is C30H21N7OS. The van der Waals surface area contributed by atoms with Gasteiger partial charge in [0.2, 0.25) is 5.91 Å². The van der Waals surface area contributed by atoms with E-state index >= 15 is 0 Å². The molecule has 0 aliphatic rings. The zero-order chi connectivity index (χ0) is 26.2. The first-order chi connectivity index (χ1) is 19.2. The lowest BCUT2D eigenvalue weighted by Crippen LogP contribution is -2.14. The summed E-state index contributed by atoms with van der Waals surface area (Å²) in [6.07, 6.45) is 5.48. The SMILES string of the molecule is O=C(Cc1ccccc1)Nc1cncc(-c2ccc3[nH]nc(-c4cc5c(-c6ccsc6)nccc5[nH]4)c3n2)c1. The van der Waals surface area contributed by atoms with Gasteiger partial charge < -0.3 is 10.3 Å². The smallest absolute Gasteiger partial charge is 0.228 e. The summed E-state index contributed by atoms with van der Waals surface area (Å²) in [6.45, 7) is 0. The number of hydrogen-bond donors (Lipinski definition) is 3. The van der Waals surface area contributed by atoms with Crippen LogP contribution in [-0.2, 0) is 11.2 Å². The number of nitrogens with zero attached hydrogens (tertiary/aromatic N) is 4. The van der Waals surface area contributed by atoms with Gasteiger partial charge in [0.15, 0.2) is 0 Å². The second-order valence-electron chi connectivity index (χ2n) is 9.15. The molecule has 0 atom stereocenters. The molecule has 0 fully saturated rings. The van der Waals surface area contributed by atoms with Crippen LogP contribution in [0.1, 0.15) is 5.56 Å². The maximum Gasteiger partial charge on any atom is 0.228 e. The van der Waals surface area contributed by atoms with E-state index in [0.29, 0.717) is 12.1 Å². The molecule has 8 nitrogen and oxygen atoms in total. The fourth-order valence-electron chi connectivity index (χ4n) is 4.69. The first kappa shape index (κ1) is 23.0. The largest absolute Gasteiger partial charge is 0.353 e. The predicted octanol–water partition coefficient (Wildman–Crippen LogP) is 6.47. The van der Waals surface area contributed by atoms with Gasteiger partial charge in [-0.15, -0.1) is 0 Å². The van der Waals surface area contributed by atoms with Crippen molar-refractivity contribution in [1.82, 2.24) is 30.1 Å². The lowest BCUT2D eigenvalue weighted by molar-refractivity contribution is -0.115. The van der Waals surface area contributed by atoms with Gasteiger partial charge in [-0.1, -0.05) is 30.3 Å². The van der Waals surface area contributed by atoms with E-state index in [9.17, 15) is 4.79 Å². The van der Waals surface area contributed by atoms with E-state index in [4.69, 9.17) is 4.98 Å². The molecule has 7 rings (SSSR count). The third-order valence-electron chi connectivity index (χ3n) is 6.53. The van der Waals surface area contributed by atoms with Crippen molar-refractivity contribution in [2.24, 2.45) is 0 Å². The highest BCUT2D eigenvalue weighted by Gasteiger charge is 2.16. The second kappa shape index (κ2) is 9.62. The number of amides is 1. The van der Waals surface area contributed by atoms with Gasteiger partial charge >= 0.3 is 0 Å². The van der Waals surface area contributed by atoms with Gasteiger partial charge in [0, 0.05) is 39.8 Å². The van der Waals surface area contributed by atoms with Gasteiger partial charge in [0.25, 0.3) is 0 Å². The van der Waals surface area contributed by atoms with E-state index in [1.807, 2.05) is 60.8 Å². The lowest BCUT2D eigenvalue weighted by Gasteiger charge is -2.07. The van der Waals surface area contributed by atoms with E-state index in [1.165, 1.54) is 0 Å². The first-order valence-corrected chi connectivity index (χ1v) is 13.3. The van der Waals surface area contributed by atoms with Crippen molar-refractivity contribution in [2.45, 2.75) is 6.42 Å². The van der Waals surface area contributed by atoms with Crippen molar-refractivity contribution in [3.63, 3.8) is 0 Å². The van der Waals surface area contributed by atoms with Crippen molar-refractivity contribution in [3.05, 3.63) is 102 Å². The number of aromatic amines is 2. The minimum absolute atomic E-state index is 0.101. The van der Waals surface area contributed by atoms with Crippen LogP contribution in [0.5, 0.6) is 0 Å². The molecule has 0 aliphatic carbocycles. The zero-order valence-electron chi connectivity index (χ0n) is 20.6. The number of anilines is 1. The summed E-state index contributed by atoms with van der Waals surface area (Å²) in [5.41, 5.74) is 9.23. The number of fused-ring (bicyclic) bond motifs is 2. The molecule has 0 bridgehead atoms. The van der Waals surface area contributed by atoms with Crippen LogP contribution in [0, 0.1) is 0 Å². The Labute approximate surface area is 226 Å². The molecule has 1 amide bonds. The lowest BCUT2D eigenvalue weighted by atomic mass is 10.1. The highest BCUT2D eigenvalue weighted by molar-refractivity contribution is 7.08. The molecule has 0 aliphatic heterocycles. The minimum atomic E-state index is -0.101. The molecular weight excluding hydrogens is 506 g/mol. The number of pyridine rings is 3. The quantitative estimate of drug-likeness (QED) is 0.229. The van der Waals surface area contributed by atoms with Crippen molar-refractivity contribution in [2.75, 3.05) is 5.32 Å². The zero-order valence-corrected chi connectivity index (χ0v) is 21.4. The van der Waals surface area contributed by atoms with Gasteiger partial charge in [-0.3, -0.25) is 19.9 Å². The summed E-state index contributed by atoms with van der Waals surface area (Å²) in [5.74, 6) is -0.101. The third kappa shape index (κ3) is 4.45. The molecule has 0 radical (unpaired) electrons. The highest BCUT2D eigenvalue weighted by Crippen LogP contribution is 2.33. The average molecular weight is 528 g/mol. The maximum atomic E-state index is 12.6. The fraction of sp³-hybridized carbons (Fsp3) is 0.0333. The number of thiophene rings is 1. The minimum Gasteiger partial charge on any atom is -0.353 e. The van der Waals surface area contributed by atoms with Crippen LogP contribution in [0.25, 0.3) is 55.8 Å². The van der Waals surface area contributed by atoms with Crippen molar-refractivity contribution >= 4 is 44.9 Å². The monoisotopic (exact) mass is 527 g/mol. The third-order valence-corrected chi connectivity index (χ3v) is 7.21. The van der Waals surface area contributed by atoms with Gasteiger partial charge in [-0.25, -0.2) is 4.98 Å². The molecule has 0 spiro atoms. The van der Waals surface area contributed by atoms with Crippen LogP contribution < -0.4 is 5.32 Å². The predicted molar refractivity (Wildman–Crippen MR) is 154 cm³/mol. The van der Waals surface area contributed by atoms with Gasteiger partial charge in [0.1, 0.15) is 11.2 Å². The van der Waals surface area contributed by atoms with Crippen molar-refractivity contribution < 1.29 is 4.79 Å². The number of rotatable bonds is 6. The topological polar surface area (TPSA) is 112 Å². The molecule has 6 heterocycles. The Balaban J connectivity index is 1.21. The Bertz CT molecular complexity index is 1940. The van der Waals surface area contributed by atoms with Gasteiger partial charge in [-0.2, -0.15) is 16.4 Å². The van der Waals surface area contributed by atoms with E-state index < -0.39 is 0 Å². The molecule has 39 heavy (non-hydrogen) atoms. The molecule has 0 saturated heterocycles. The molecule has 9 heteroatoms. The summed E-state index contributed by atoms with van der Waals surface area (Å²) in [7, 11) is 0. The Kier molecular flexibility index (Phi) is 5.68. The Morgan fingerprint density at radius 2 is 1.85 bits per heavy atom. The molecule has 0 unspecified atom stereocenters. The Morgan fingerprint density at radius 3 is 2.72 bits per heavy atom. The van der Waals surface area contributed by atoms with Crippen LogP contribution in [0.3, 0.4) is 0 Å². The van der Waals surface area contributed by atoms with Crippen molar-refractivity contribution in [1.29, 1.82) is 0 Å². The Hall–Kier alpha value is -5.15. The van der Waals surface area contributed by atoms with Crippen LogP contribution in [0.4, 0.5) is 5.69 Å². The average Bonchev–Trinajstić information content (AvgIpc) is 3.73. The van der Waals surface area contributed by atoms with E-state index in [0.717, 1.165) is 61.4 Å². The summed E-state index contributed by atoms with van der Waals surface area (Å²) < 4.78 is 0. The van der Waals surface area contributed by atoms with Gasteiger partial charge in [0.05, 0.1) is 40.9 Å². The number of nitrogens with one attached hydrogen (secondary N) is 3. The summed E-state index contributed by atoms with van der Waals surface area (Å²) in [6, 6.07) is 21.5. The summed E-state index contributed by atoms with van der Waals surface area (Å²) in [4.78, 5) is 29.9. The highest BCUT2D eigenvalue weighted by atomic mass is 32.1. The van der Waals surface area contributed by atoms with E-state index in [2.05, 4.69) is 53.4 Å². The standard InChI is InChI=1S/C30H21N7OS/c38-27(12-18-4-2-1-3-5-18)33-21-13-20(15-31-16-21)23-6-7-25-29(35-23)30(37-36-25)26-14-22-24(34-26)8-10-32-28(22)19-9-11-39-17-19/h1-11,13-17,34H,12H2,(H,33,38)(H,36,37). The molecule has 1 aromatic carbocycles. The number of aromatic nitrogens is 6. The molecule has 7 aromatic rings. The van der Waals surface area contributed by atoms with Crippen LogP contribution in [-0.4, -0.2) is 36.0 Å². The number of benzene rings is 1. The van der Waals surface area contributed by atoms with Crippen LogP contribution >= 0.6 is 11.3 Å². The second-order valence-corrected chi connectivity index (χ2v) is 9.93. The molecule has 188 valence electrons. The normalized spacial score (nSPS) is 11.3. The van der Waals surface area contributed by atoms with E-state index in [1.54, 1.807) is 23.7 Å². The first-order valence-electron chi connectivity index (χ1n) is 12.4. The van der Waals surface area contributed by atoms with E-state index in [-0.39, 0.29) is 5.91 Å². The van der Waals surface area contributed by atoms with Gasteiger partial charge in [-0.05, 0) is 47.3 Å². The summed E-state index contributed by atoms with van der Waals surface area (Å²) in [5, 5.41) is 15.8. The number of carbonyl (C=O) groups excluding carboxylic acids is 1. The maximum absolute atomic E-state index is 12.6. The van der Waals surface area contributed by atoms with Crippen LogP contribution in [0.2, 0.25) is 0 Å². The molecule has 0 saturated carbocycles. The van der Waals surface area contributed by atoms with Crippen molar-refractivity contribution in [3.8, 4) is 33.9 Å². The number of H-pyrrole nitrogens is 2. The molecule has 6 aromatic heterocycles. The number of hydrogen-bond acceptors (Lipinski definition) is 6. The fourth-order valence-corrected chi connectivity index (χ4v) is 5.33. The summed E-state index contributed by atoms with van der Waals surface area (Å²) >= 11 is 1.65.